The number of aromatic nitrogens is 2. The number of hydrogen-bond acceptors (Lipinski definition) is 10. The number of fused-ring (bicyclic) bond motifs is 3. The Labute approximate surface area is 425 Å². The average molecular weight is 1010 g/mol. The number of piperazine rings is 1. The first-order valence-corrected chi connectivity index (χ1v) is 26.3. The van der Waals surface area contributed by atoms with Crippen molar-refractivity contribution >= 4 is 40.0 Å². The molecule has 0 aliphatic carbocycles. The molecule has 2 fully saturated rings. The summed E-state index contributed by atoms with van der Waals surface area (Å²) in [5, 5.41) is 17.6. The number of carbonyl (C=O) groups is 3. The number of nitrogens with zero attached hydrogens (tertiary/aromatic N) is 5. The van der Waals surface area contributed by atoms with Crippen LogP contribution in [0.1, 0.15) is 101 Å². The van der Waals surface area contributed by atoms with Gasteiger partial charge in [-0.25, -0.2) is 18.2 Å². The van der Waals surface area contributed by atoms with E-state index >= 15 is 13.2 Å². The Morgan fingerprint density at radius 2 is 1.65 bits per heavy atom. The van der Waals surface area contributed by atoms with Crippen LogP contribution in [0.5, 0.6) is 5.75 Å². The normalized spacial score (nSPS) is 20.7. The number of β-amino-alcohol motifs (C(OH)–C–C–N with tert-alkyl or cyclic N) is 1. The van der Waals surface area contributed by atoms with Gasteiger partial charge < -0.3 is 35.3 Å². The minimum absolute atomic E-state index is 0.00132. The number of aryl methyl sites for hydroxylation is 1. The van der Waals surface area contributed by atoms with Crippen molar-refractivity contribution in [2.24, 2.45) is 5.41 Å². The fraction of sp³-hybridized carbons (Fsp3) is 0.527. The van der Waals surface area contributed by atoms with Gasteiger partial charge in [-0.3, -0.25) is 24.2 Å². The summed E-state index contributed by atoms with van der Waals surface area (Å²) in [6, 6.07) is 15.4. The average Bonchev–Trinajstić information content (AvgIpc) is 4.05. The zero-order valence-electron chi connectivity index (χ0n) is 42.7. The highest BCUT2D eigenvalue weighted by atomic mass is 32.1. The topological polar surface area (TPSA) is 146 Å². The van der Waals surface area contributed by atoms with Crippen LogP contribution < -0.4 is 15.4 Å². The second-order valence-electron chi connectivity index (χ2n) is 21.7. The molecule has 0 saturated carbocycles. The van der Waals surface area contributed by atoms with E-state index < -0.39 is 52.9 Å². The van der Waals surface area contributed by atoms with E-state index in [1.165, 1.54) is 30.9 Å². The standard InChI is InChI=1S/C55H71F3N8O5S/c1-34-25-41-40-13-9-10-14-44(40)61-48(41)49(66(34)32-55(6,7)58)47-42(56)27-39(28-43(47)57)71-24-12-8-11-19-63-20-22-64(23-21-63)31-46(68)62-51(54(3,4)5)53(70)65-30-38(67)26-45(65)52(69)59-29-36-15-17-37(18-16-36)50-35(2)60-33-72-50/h9-10,13-18,27-28,33-34,38,45,49,51,61,67H,8,11-12,19-26,29-32H2,1-7H3,(H,59,69)(H,62,68)/t34-,38-,45+,49-,51-/m1/s1. The third-order valence-electron chi connectivity index (χ3n) is 14.3. The van der Waals surface area contributed by atoms with E-state index in [0.29, 0.717) is 38.2 Å². The minimum atomic E-state index is -1.59. The Morgan fingerprint density at radius 3 is 2.32 bits per heavy atom. The second kappa shape index (κ2) is 22.4. The molecule has 8 rings (SSSR count). The van der Waals surface area contributed by atoms with E-state index in [9.17, 15) is 19.5 Å². The van der Waals surface area contributed by atoms with Crippen molar-refractivity contribution < 1.29 is 37.4 Å². The first-order chi connectivity index (χ1) is 34.2. The lowest BCUT2D eigenvalue weighted by Gasteiger charge is -2.43. The molecule has 4 N–H and O–H groups in total. The zero-order chi connectivity index (χ0) is 51.5. The number of alkyl halides is 1. The van der Waals surface area contributed by atoms with Crippen molar-refractivity contribution in [3.8, 4) is 16.2 Å². The summed E-state index contributed by atoms with van der Waals surface area (Å²) in [4.78, 5) is 57.8. The number of amides is 3. The molecule has 0 bridgehead atoms. The van der Waals surface area contributed by atoms with E-state index in [1.807, 2.05) is 93.6 Å². The number of unbranched alkanes of at least 4 members (excludes halogenated alkanes) is 2. The van der Waals surface area contributed by atoms with Crippen LogP contribution in [-0.2, 0) is 27.3 Å². The number of nitrogens with one attached hydrogen (secondary N) is 3. The van der Waals surface area contributed by atoms with Crippen molar-refractivity contribution in [1.29, 1.82) is 0 Å². The first kappa shape index (κ1) is 53.0. The van der Waals surface area contributed by atoms with Gasteiger partial charge in [0, 0.05) is 92.6 Å². The second-order valence-corrected chi connectivity index (χ2v) is 22.5. The Morgan fingerprint density at radius 1 is 0.958 bits per heavy atom. The summed E-state index contributed by atoms with van der Waals surface area (Å²) in [6.45, 7) is 17.0. The van der Waals surface area contributed by atoms with Crippen LogP contribution >= 0.6 is 11.3 Å². The van der Waals surface area contributed by atoms with Gasteiger partial charge in [0.2, 0.25) is 17.7 Å². The Balaban J connectivity index is 0.768. The number of halogens is 3. The summed E-state index contributed by atoms with van der Waals surface area (Å²) in [6.07, 6.45) is 2.32. The van der Waals surface area contributed by atoms with E-state index in [2.05, 4.69) is 30.4 Å². The molecule has 3 aliphatic heterocycles. The Bertz CT molecular complexity index is 2670. The highest BCUT2D eigenvalue weighted by Gasteiger charge is 2.45. The predicted molar refractivity (Wildman–Crippen MR) is 275 cm³/mol. The fourth-order valence-corrected chi connectivity index (χ4v) is 11.4. The molecule has 13 nitrogen and oxygen atoms in total. The number of benzene rings is 3. The maximum atomic E-state index is 16.1. The van der Waals surface area contributed by atoms with Gasteiger partial charge in [-0.05, 0) is 88.1 Å². The van der Waals surface area contributed by atoms with Gasteiger partial charge in [-0.1, -0.05) is 63.2 Å². The van der Waals surface area contributed by atoms with Crippen LogP contribution in [0.25, 0.3) is 21.3 Å². The van der Waals surface area contributed by atoms with Gasteiger partial charge in [0.25, 0.3) is 0 Å². The van der Waals surface area contributed by atoms with E-state index in [1.54, 1.807) is 11.3 Å². The molecule has 0 radical (unpaired) electrons. The smallest absolute Gasteiger partial charge is 0.246 e. The SMILES string of the molecule is Cc1ncsc1-c1ccc(CNC(=O)[C@@H]2C[C@@H](O)CN2C(=O)[C@@H](NC(=O)CN2CCN(CCCCCOc3cc(F)c([C@@H]4c5[nH]c6ccccc6c5C[C@@H](C)N4CC(C)(C)F)c(F)c3)CC2)C(C)(C)C)cc1. The summed E-state index contributed by atoms with van der Waals surface area (Å²) >= 11 is 1.57. The van der Waals surface area contributed by atoms with Crippen molar-refractivity contribution in [1.82, 2.24) is 40.2 Å². The molecule has 388 valence electrons. The number of ether oxygens (including phenoxy) is 1. The molecule has 3 aromatic carbocycles. The van der Waals surface area contributed by atoms with E-state index in [4.69, 9.17) is 4.74 Å². The number of aliphatic hydroxyl groups excluding tert-OH is 1. The van der Waals surface area contributed by atoms with Gasteiger partial charge in [0.15, 0.2) is 0 Å². The molecule has 72 heavy (non-hydrogen) atoms. The quantitative estimate of drug-likeness (QED) is 0.0643. The number of likely N-dealkylation sites (tertiary alicyclic amines) is 1. The number of aliphatic hydroxyl groups is 1. The largest absolute Gasteiger partial charge is 0.493 e. The van der Waals surface area contributed by atoms with Crippen LogP contribution in [0.15, 0.2) is 66.2 Å². The lowest BCUT2D eigenvalue weighted by atomic mass is 9.85. The van der Waals surface area contributed by atoms with Crippen LogP contribution in [-0.4, -0.2) is 141 Å². The highest BCUT2D eigenvalue weighted by Crippen LogP contribution is 2.44. The summed E-state index contributed by atoms with van der Waals surface area (Å²) < 4.78 is 53.4. The number of rotatable bonds is 18. The predicted octanol–water partition coefficient (Wildman–Crippen LogP) is 7.94. The molecular weight excluding hydrogens is 942 g/mol. The molecule has 0 spiro atoms. The van der Waals surface area contributed by atoms with Gasteiger partial charge in [0.1, 0.15) is 35.1 Å². The molecule has 3 amide bonds. The molecule has 5 atom stereocenters. The number of thiazole rings is 1. The van der Waals surface area contributed by atoms with Crippen molar-refractivity contribution in [3.05, 3.63) is 106 Å². The van der Waals surface area contributed by atoms with Gasteiger partial charge in [0.05, 0.1) is 41.4 Å². The number of para-hydroxylation sites is 1. The van der Waals surface area contributed by atoms with E-state index in [-0.39, 0.29) is 61.8 Å². The summed E-state index contributed by atoms with van der Waals surface area (Å²) in [5.41, 5.74) is 4.91. The van der Waals surface area contributed by atoms with Crippen LogP contribution in [0.2, 0.25) is 0 Å². The molecule has 2 saturated heterocycles. The minimum Gasteiger partial charge on any atom is -0.493 e. The number of H-pyrrole nitrogens is 1. The molecule has 17 heteroatoms. The zero-order valence-corrected chi connectivity index (χ0v) is 43.5. The van der Waals surface area contributed by atoms with Crippen LogP contribution in [0, 0.1) is 24.0 Å². The summed E-state index contributed by atoms with van der Waals surface area (Å²) in [5.74, 6) is -2.38. The Hall–Kier alpha value is -5.33. The maximum Gasteiger partial charge on any atom is 0.246 e. The molecular formula is C55H71F3N8O5S. The number of aromatic amines is 1. The lowest BCUT2D eigenvalue weighted by Crippen LogP contribution is -2.59. The first-order valence-electron chi connectivity index (χ1n) is 25.4. The van der Waals surface area contributed by atoms with Crippen molar-refractivity contribution in [3.63, 3.8) is 0 Å². The molecule has 0 unspecified atom stereocenters. The number of carbonyl (C=O) groups excluding carboxylic acids is 3. The van der Waals surface area contributed by atoms with Gasteiger partial charge in [-0.2, -0.15) is 0 Å². The maximum absolute atomic E-state index is 16.1. The summed E-state index contributed by atoms with van der Waals surface area (Å²) in [7, 11) is 0. The fourth-order valence-electron chi connectivity index (χ4n) is 10.6. The molecule has 5 aromatic rings. The molecule has 5 heterocycles. The van der Waals surface area contributed by atoms with Crippen LogP contribution in [0.4, 0.5) is 13.2 Å². The Kier molecular flexibility index (Phi) is 16.5. The van der Waals surface area contributed by atoms with E-state index in [0.717, 1.165) is 70.6 Å². The third kappa shape index (κ3) is 12.5. The third-order valence-corrected chi connectivity index (χ3v) is 15.3. The monoisotopic (exact) mass is 1010 g/mol. The number of hydrogen-bond donors (Lipinski definition) is 4. The lowest BCUT2D eigenvalue weighted by molar-refractivity contribution is -0.144. The van der Waals surface area contributed by atoms with Gasteiger partial charge in [-0.15, -0.1) is 11.3 Å². The van der Waals surface area contributed by atoms with Crippen molar-refractivity contribution in [2.45, 2.75) is 123 Å². The highest BCUT2D eigenvalue weighted by molar-refractivity contribution is 7.13. The van der Waals surface area contributed by atoms with Crippen LogP contribution in [0.3, 0.4) is 0 Å². The molecule has 2 aromatic heterocycles. The van der Waals surface area contributed by atoms with Crippen molar-refractivity contribution in [2.75, 3.05) is 59.0 Å². The van der Waals surface area contributed by atoms with Gasteiger partial charge >= 0.3 is 0 Å². The molecule has 3 aliphatic rings.